The largest absolute Gasteiger partial charge is 0.369 e. The number of fused-ring (bicyclic) bond motifs is 1. The van der Waals surface area contributed by atoms with Gasteiger partial charge in [0.1, 0.15) is 5.52 Å². The van der Waals surface area contributed by atoms with Gasteiger partial charge in [0.15, 0.2) is 5.65 Å². The number of aromatic nitrogens is 3. The topological polar surface area (TPSA) is 60.0 Å². The number of nitrogens with two attached hydrogens (primary N) is 1. The van der Waals surface area contributed by atoms with E-state index in [1.54, 1.807) is 0 Å². The Morgan fingerprint density at radius 2 is 2.28 bits per heavy atom. The maximum Gasteiger partial charge on any atom is 0.202 e. The molecule has 5 heteroatoms. The van der Waals surface area contributed by atoms with Gasteiger partial charge in [0.2, 0.25) is 5.95 Å². The van der Waals surface area contributed by atoms with Crippen LogP contribution in [0.15, 0.2) is 12.3 Å². The molecule has 1 saturated heterocycles. The van der Waals surface area contributed by atoms with E-state index >= 15 is 0 Å². The second-order valence-electron chi connectivity index (χ2n) is 5.25. The summed E-state index contributed by atoms with van der Waals surface area (Å²) in [4.78, 5) is 11.3. The zero-order valence-electron chi connectivity index (χ0n) is 10.9. The molecule has 0 radical (unpaired) electrons. The van der Waals surface area contributed by atoms with Gasteiger partial charge in [-0.2, -0.15) is 0 Å². The third kappa shape index (κ3) is 1.84. The molecule has 2 aromatic heterocycles. The predicted octanol–water partition coefficient (Wildman–Crippen LogP) is 1.59. The molecule has 2 aromatic rings. The lowest BCUT2D eigenvalue weighted by Crippen LogP contribution is -2.34. The highest BCUT2D eigenvalue weighted by Crippen LogP contribution is 2.27. The number of nitrogens with zero attached hydrogens (tertiary/aromatic N) is 4. The fraction of sp³-hybridized carbons (Fsp3) is 0.538. The minimum Gasteiger partial charge on any atom is -0.369 e. The summed E-state index contributed by atoms with van der Waals surface area (Å²) in [6.45, 7) is 4.21. The zero-order chi connectivity index (χ0) is 12.7. The minimum atomic E-state index is 0.393. The first-order chi connectivity index (χ1) is 8.65. The van der Waals surface area contributed by atoms with Gasteiger partial charge >= 0.3 is 0 Å². The minimum absolute atomic E-state index is 0.393. The number of hydrogen-bond acceptors (Lipinski definition) is 4. The van der Waals surface area contributed by atoms with Gasteiger partial charge in [0, 0.05) is 12.7 Å². The van der Waals surface area contributed by atoms with Crippen molar-refractivity contribution in [3.05, 3.63) is 17.8 Å². The highest BCUT2D eigenvalue weighted by molar-refractivity contribution is 5.74. The summed E-state index contributed by atoms with van der Waals surface area (Å²) >= 11 is 0. The first kappa shape index (κ1) is 11.5. The van der Waals surface area contributed by atoms with Gasteiger partial charge in [-0.3, -0.25) is 4.57 Å². The molecule has 0 saturated carbocycles. The number of rotatable bonds is 1. The second-order valence-corrected chi connectivity index (χ2v) is 5.25. The molecule has 5 nitrogen and oxygen atoms in total. The molecule has 0 amide bonds. The lowest BCUT2D eigenvalue weighted by Gasteiger charge is -2.31. The number of hydrogen-bond donors (Lipinski definition) is 1. The normalized spacial score (nSPS) is 21.6. The van der Waals surface area contributed by atoms with Crippen molar-refractivity contribution >= 4 is 17.1 Å². The van der Waals surface area contributed by atoms with Crippen LogP contribution in [0.5, 0.6) is 0 Å². The Morgan fingerprint density at radius 1 is 1.44 bits per heavy atom. The van der Waals surface area contributed by atoms with E-state index < -0.39 is 0 Å². The van der Waals surface area contributed by atoms with Crippen molar-refractivity contribution in [3.63, 3.8) is 0 Å². The average molecular weight is 245 g/mol. The lowest BCUT2D eigenvalue weighted by atomic mass is 10.1. The van der Waals surface area contributed by atoms with E-state index in [0.29, 0.717) is 12.0 Å². The summed E-state index contributed by atoms with van der Waals surface area (Å²) in [7, 11) is 2.15. The van der Waals surface area contributed by atoms with Gasteiger partial charge in [-0.1, -0.05) is 0 Å². The Bertz CT molecular complexity index is 574. The maximum atomic E-state index is 6.07. The number of nitrogen functional groups attached to an aromatic ring is 1. The van der Waals surface area contributed by atoms with Crippen LogP contribution in [0, 0.1) is 6.92 Å². The monoisotopic (exact) mass is 245 g/mol. The van der Waals surface area contributed by atoms with Crippen molar-refractivity contribution in [1.82, 2.24) is 19.4 Å². The molecular formula is C13H19N5. The second kappa shape index (κ2) is 4.24. The standard InChI is InChI=1S/C13H19N5/c1-9-6-11-12(15-7-9)18(13(14)16-11)10-4-3-5-17(2)8-10/h6-7,10H,3-5,8H2,1-2H3,(H2,14,16). The average Bonchev–Trinajstić information content (AvgIpc) is 2.64. The number of likely N-dealkylation sites (N-methyl/N-ethyl adjacent to an activating group) is 1. The van der Waals surface area contributed by atoms with Crippen LogP contribution >= 0.6 is 0 Å². The Hall–Kier alpha value is -1.62. The van der Waals surface area contributed by atoms with Crippen LogP contribution < -0.4 is 5.73 Å². The van der Waals surface area contributed by atoms with Crippen molar-refractivity contribution in [2.45, 2.75) is 25.8 Å². The number of anilines is 1. The first-order valence-corrected chi connectivity index (χ1v) is 6.44. The molecule has 0 aliphatic carbocycles. The van der Waals surface area contributed by atoms with Gasteiger partial charge in [-0.15, -0.1) is 0 Å². The van der Waals surface area contributed by atoms with E-state index in [2.05, 4.69) is 26.5 Å². The Labute approximate surface area is 107 Å². The highest BCUT2D eigenvalue weighted by Gasteiger charge is 2.23. The molecule has 1 aliphatic heterocycles. The quantitative estimate of drug-likeness (QED) is 0.829. The number of pyridine rings is 1. The number of aryl methyl sites for hydroxylation is 1. The van der Waals surface area contributed by atoms with Crippen molar-refractivity contribution in [2.24, 2.45) is 0 Å². The lowest BCUT2D eigenvalue weighted by molar-refractivity contribution is 0.216. The van der Waals surface area contributed by atoms with Crippen LogP contribution in [0.3, 0.4) is 0 Å². The van der Waals surface area contributed by atoms with Gasteiger partial charge in [0.05, 0.1) is 6.04 Å². The Morgan fingerprint density at radius 3 is 3.06 bits per heavy atom. The fourth-order valence-corrected chi connectivity index (χ4v) is 2.81. The molecule has 0 bridgehead atoms. The van der Waals surface area contributed by atoms with E-state index in [1.807, 2.05) is 19.2 Å². The highest BCUT2D eigenvalue weighted by atomic mass is 15.2. The molecule has 0 spiro atoms. The van der Waals surface area contributed by atoms with E-state index in [1.165, 1.54) is 6.42 Å². The van der Waals surface area contributed by atoms with Gasteiger partial charge in [-0.25, -0.2) is 9.97 Å². The number of piperidine rings is 1. The van der Waals surface area contributed by atoms with Gasteiger partial charge < -0.3 is 10.6 Å². The van der Waals surface area contributed by atoms with Crippen LogP contribution in [-0.2, 0) is 0 Å². The van der Waals surface area contributed by atoms with E-state index in [-0.39, 0.29) is 0 Å². The third-order valence-electron chi connectivity index (χ3n) is 3.66. The summed E-state index contributed by atoms with van der Waals surface area (Å²) in [5, 5.41) is 0. The first-order valence-electron chi connectivity index (χ1n) is 6.44. The van der Waals surface area contributed by atoms with Crippen LogP contribution in [-0.4, -0.2) is 39.6 Å². The molecule has 3 heterocycles. The zero-order valence-corrected chi connectivity index (χ0v) is 10.9. The SMILES string of the molecule is Cc1cnc2c(c1)nc(N)n2C1CCCN(C)C1. The van der Waals surface area contributed by atoms with Gasteiger partial charge in [0.25, 0.3) is 0 Å². The van der Waals surface area contributed by atoms with Crippen LogP contribution in [0.1, 0.15) is 24.4 Å². The van der Waals surface area contributed by atoms with Crippen molar-refractivity contribution < 1.29 is 0 Å². The molecular weight excluding hydrogens is 226 g/mol. The summed E-state index contributed by atoms with van der Waals surface area (Å²) in [6.07, 6.45) is 4.23. The van der Waals surface area contributed by atoms with Gasteiger partial charge in [-0.05, 0) is 45.0 Å². The van der Waals surface area contributed by atoms with Crippen LogP contribution in [0.25, 0.3) is 11.2 Å². The molecule has 2 N–H and O–H groups in total. The summed E-state index contributed by atoms with van der Waals surface area (Å²) < 4.78 is 2.10. The van der Waals surface area contributed by atoms with E-state index in [9.17, 15) is 0 Å². The fourth-order valence-electron chi connectivity index (χ4n) is 2.81. The summed E-state index contributed by atoms with van der Waals surface area (Å²) in [5.41, 5.74) is 9.01. The maximum absolute atomic E-state index is 6.07. The van der Waals surface area contributed by atoms with Crippen LogP contribution in [0.4, 0.5) is 5.95 Å². The predicted molar refractivity (Wildman–Crippen MR) is 72.4 cm³/mol. The summed E-state index contributed by atoms with van der Waals surface area (Å²) in [6, 6.07) is 2.44. The smallest absolute Gasteiger partial charge is 0.202 e. The molecule has 3 rings (SSSR count). The van der Waals surface area contributed by atoms with Crippen molar-refractivity contribution in [2.75, 3.05) is 25.9 Å². The van der Waals surface area contributed by atoms with E-state index in [0.717, 1.165) is 36.2 Å². The Kier molecular flexibility index (Phi) is 2.70. The van der Waals surface area contributed by atoms with Crippen molar-refractivity contribution in [1.29, 1.82) is 0 Å². The van der Waals surface area contributed by atoms with Crippen molar-refractivity contribution in [3.8, 4) is 0 Å². The third-order valence-corrected chi connectivity index (χ3v) is 3.66. The Balaban J connectivity index is 2.07. The molecule has 18 heavy (non-hydrogen) atoms. The molecule has 1 unspecified atom stereocenters. The molecule has 1 aliphatic rings. The molecule has 96 valence electrons. The molecule has 1 atom stereocenters. The van der Waals surface area contributed by atoms with E-state index in [4.69, 9.17) is 5.73 Å². The number of likely N-dealkylation sites (tertiary alicyclic amines) is 1. The van der Waals surface area contributed by atoms with Crippen LogP contribution in [0.2, 0.25) is 0 Å². The molecule has 0 aromatic carbocycles. The summed E-state index contributed by atoms with van der Waals surface area (Å²) in [5.74, 6) is 0.586. The number of imidazole rings is 1. The molecule has 1 fully saturated rings.